The molecule has 9 heteroatoms. The highest BCUT2D eigenvalue weighted by molar-refractivity contribution is 8.00. The number of fused-ring (bicyclic) bond motifs is 1. The van der Waals surface area contributed by atoms with Crippen molar-refractivity contribution >= 4 is 51.7 Å². The lowest BCUT2D eigenvalue weighted by atomic mass is 10.1. The zero-order chi connectivity index (χ0) is 23.5. The normalized spacial score (nSPS) is 15.6. The molecule has 3 amide bonds. The van der Waals surface area contributed by atoms with Gasteiger partial charge in [-0.25, -0.2) is 9.18 Å². The average molecular weight is 496 g/mol. The molecule has 174 valence electrons. The molecule has 6 nitrogen and oxygen atoms in total. The number of urea groups is 1. The third-order valence-electron chi connectivity index (χ3n) is 5.66. The summed E-state index contributed by atoms with van der Waals surface area (Å²) in [4.78, 5) is 27.5. The molecule has 34 heavy (non-hydrogen) atoms. The fourth-order valence-corrected chi connectivity index (χ4v) is 5.81. The molecule has 2 N–H and O–H groups in total. The summed E-state index contributed by atoms with van der Waals surface area (Å²) >= 11 is 3.35. The molecule has 2 aromatic carbocycles. The molecular weight excluding hydrogens is 473 g/mol. The summed E-state index contributed by atoms with van der Waals surface area (Å²) < 4.78 is 20.3. The van der Waals surface area contributed by atoms with E-state index in [4.69, 9.17) is 4.42 Å². The second-order valence-corrected chi connectivity index (χ2v) is 10.2. The Morgan fingerprint density at radius 1 is 1.12 bits per heavy atom. The fourth-order valence-electron chi connectivity index (χ4n) is 4.00. The molecule has 0 radical (unpaired) electrons. The number of amides is 3. The minimum Gasteiger partial charge on any atom is -0.451 e. The number of furan rings is 1. The van der Waals surface area contributed by atoms with Crippen molar-refractivity contribution in [2.75, 3.05) is 18.4 Å². The van der Waals surface area contributed by atoms with Crippen LogP contribution in [0, 0.1) is 5.82 Å². The van der Waals surface area contributed by atoms with Gasteiger partial charge in [-0.1, -0.05) is 24.3 Å². The van der Waals surface area contributed by atoms with Crippen LogP contribution in [0.15, 0.2) is 74.7 Å². The van der Waals surface area contributed by atoms with Crippen LogP contribution in [0.25, 0.3) is 11.0 Å². The molecule has 3 heterocycles. The second kappa shape index (κ2) is 9.90. The van der Waals surface area contributed by atoms with Crippen LogP contribution in [0.4, 0.5) is 14.9 Å². The van der Waals surface area contributed by atoms with Crippen molar-refractivity contribution in [3.8, 4) is 0 Å². The van der Waals surface area contributed by atoms with E-state index in [-0.39, 0.29) is 23.8 Å². The molecule has 0 bridgehead atoms. The first-order valence-corrected chi connectivity index (χ1v) is 12.7. The van der Waals surface area contributed by atoms with E-state index in [0.717, 1.165) is 10.9 Å². The van der Waals surface area contributed by atoms with E-state index >= 15 is 0 Å². The number of para-hydroxylation sites is 1. The Labute approximate surface area is 204 Å². The van der Waals surface area contributed by atoms with Crippen LogP contribution in [0.2, 0.25) is 0 Å². The number of carbonyl (C=O) groups is 2. The van der Waals surface area contributed by atoms with E-state index < -0.39 is 0 Å². The Hall–Kier alpha value is -3.30. The van der Waals surface area contributed by atoms with Crippen LogP contribution < -0.4 is 10.6 Å². The van der Waals surface area contributed by atoms with Crippen molar-refractivity contribution in [1.29, 1.82) is 0 Å². The first-order chi connectivity index (χ1) is 16.6. The number of thioether (sulfide) groups is 1. The molecule has 1 atom stereocenters. The molecule has 2 aromatic heterocycles. The standard InChI is InChI=1S/C25H22FN3O3S2/c26-16-7-9-17(10-8-16)27-25(31)28-18-11-12-29(14-18)24(30)23-20(15-34-22-6-3-13-33-22)19-4-1-2-5-21(19)32-23/h1-10,13,18H,11-12,14-15H2,(H2,27,28,31). The topological polar surface area (TPSA) is 74.6 Å². The van der Waals surface area contributed by atoms with Gasteiger partial charge in [-0.05, 0) is 48.2 Å². The summed E-state index contributed by atoms with van der Waals surface area (Å²) in [5.41, 5.74) is 2.09. The molecular formula is C25H22FN3O3S2. The van der Waals surface area contributed by atoms with Gasteiger partial charge in [0.1, 0.15) is 11.4 Å². The summed E-state index contributed by atoms with van der Waals surface area (Å²) in [6.45, 7) is 0.916. The third kappa shape index (κ3) is 4.95. The minimum absolute atomic E-state index is 0.166. The lowest BCUT2D eigenvalue weighted by Crippen LogP contribution is -2.40. The van der Waals surface area contributed by atoms with Crippen molar-refractivity contribution in [2.45, 2.75) is 22.4 Å². The molecule has 5 rings (SSSR count). The number of hydrogen-bond donors (Lipinski definition) is 2. The Kier molecular flexibility index (Phi) is 6.55. The van der Waals surface area contributed by atoms with Crippen molar-refractivity contribution < 1.29 is 18.4 Å². The monoisotopic (exact) mass is 495 g/mol. The molecule has 0 saturated carbocycles. The zero-order valence-corrected chi connectivity index (χ0v) is 19.8. The number of anilines is 1. The first-order valence-electron chi connectivity index (χ1n) is 10.9. The van der Waals surface area contributed by atoms with Crippen LogP contribution in [0.1, 0.15) is 22.5 Å². The SMILES string of the molecule is O=C(Nc1ccc(F)cc1)NC1CCN(C(=O)c2oc3ccccc3c2CSc2cccs2)C1. The molecule has 1 fully saturated rings. The number of hydrogen-bond acceptors (Lipinski definition) is 5. The molecule has 1 unspecified atom stereocenters. The Morgan fingerprint density at radius 3 is 2.74 bits per heavy atom. The van der Waals surface area contributed by atoms with Gasteiger partial charge in [-0.15, -0.1) is 23.1 Å². The maximum absolute atomic E-state index is 13.4. The van der Waals surface area contributed by atoms with E-state index in [1.54, 1.807) is 28.0 Å². The van der Waals surface area contributed by atoms with Crippen LogP contribution in [-0.2, 0) is 5.75 Å². The number of likely N-dealkylation sites (tertiary alicyclic amines) is 1. The van der Waals surface area contributed by atoms with E-state index in [0.29, 0.717) is 42.3 Å². The quantitative estimate of drug-likeness (QED) is 0.324. The largest absolute Gasteiger partial charge is 0.451 e. The highest BCUT2D eigenvalue weighted by Crippen LogP contribution is 2.34. The highest BCUT2D eigenvalue weighted by atomic mass is 32.2. The maximum Gasteiger partial charge on any atom is 0.319 e. The highest BCUT2D eigenvalue weighted by Gasteiger charge is 2.32. The van der Waals surface area contributed by atoms with E-state index in [1.807, 2.05) is 35.7 Å². The summed E-state index contributed by atoms with van der Waals surface area (Å²) in [7, 11) is 0. The van der Waals surface area contributed by atoms with Gasteiger partial charge in [-0.3, -0.25) is 4.79 Å². The van der Waals surface area contributed by atoms with E-state index in [2.05, 4.69) is 16.7 Å². The number of rotatable bonds is 6. The Morgan fingerprint density at radius 2 is 1.94 bits per heavy atom. The lowest BCUT2D eigenvalue weighted by Gasteiger charge is -2.17. The van der Waals surface area contributed by atoms with Crippen molar-refractivity contribution in [3.63, 3.8) is 0 Å². The predicted octanol–water partition coefficient (Wildman–Crippen LogP) is 5.96. The summed E-state index contributed by atoms with van der Waals surface area (Å²) in [5.74, 6) is 0.464. The summed E-state index contributed by atoms with van der Waals surface area (Å²) in [6.07, 6.45) is 0.641. The van der Waals surface area contributed by atoms with Gasteiger partial charge in [0.2, 0.25) is 0 Å². The lowest BCUT2D eigenvalue weighted by molar-refractivity contribution is 0.0759. The Balaban J connectivity index is 1.26. The van der Waals surface area contributed by atoms with E-state index in [1.165, 1.54) is 28.5 Å². The molecule has 4 aromatic rings. The smallest absolute Gasteiger partial charge is 0.319 e. The second-order valence-electron chi connectivity index (χ2n) is 7.97. The first kappa shape index (κ1) is 22.5. The van der Waals surface area contributed by atoms with Gasteiger partial charge < -0.3 is 20.0 Å². The molecule has 1 aliphatic rings. The van der Waals surface area contributed by atoms with Gasteiger partial charge in [0, 0.05) is 41.5 Å². The van der Waals surface area contributed by atoms with Crippen LogP contribution in [0.5, 0.6) is 0 Å². The number of carbonyl (C=O) groups excluding carboxylic acids is 2. The van der Waals surface area contributed by atoms with Gasteiger partial charge in [0.05, 0.1) is 4.21 Å². The maximum atomic E-state index is 13.4. The van der Waals surface area contributed by atoms with Gasteiger partial charge in [0.25, 0.3) is 5.91 Å². The summed E-state index contributed by atoms with van der Waals surface area (Å²) in [6, 6.07) is 16.8. The predicted molar refractivity (Wildman–Crippen MR) is 133 cm³/mol. The number of nitrogens with one attached hydrogen (secondary N) is 2. The van der Waals surface area contributed by atoms with Gasteiger partial charge in [-0.2, -0.15) is 0 Å². The molecule has 0 aliphatic carbocycles. The van der Waals surface area contributed by atoms with Crippen molar-refractivity contribution in [3.05, 3.63) is 83.2 Å². The average Bonchev–Trinajstić information content (AvgIpc) is 3.59. The summed E-state index contributed by atoms with van der Waals surface area (Å²) in [5, 5.41) is 8.56. The van der Waals surface area contributed by atoms with Crippen LogP contribution in [0.3, 0.4) is 0 Å². The number of thiophene rings is 1. The zero-order valence-electron chi connectivity index (χ0n) is 18.1. The molecule has 1 aliphatic heterocycles. The van der Waals surface area contributed by atoms with E-state index in [9.17, 15) is 14.0 Å². The van der Waals surface area contributed by atoms with Gasteiger partial charge in [0.15, 0.2) is 5.76 Å². The van der Waals surface area contributed by atoms with Crippen LogP contribution in [-0.4, -0.2) is 36.0 Å². The van der Waals surface area contributed by atoms with Gasteiger partial charge >= 0.3 is 6.03 Å². The number of benzene rings is 2. The Bertz CT molecular complexity index is 1300. The molecule has 0 spiro atoms. The number of nitrogens with zero attached hydrogens (tertiary/aromatic N) is 1. The number of halogens is 1. The molecule has 1 saturated heterocycles. The van der Waals surface area contributed by atoms with Crippen molar-refractivity contribution in [1.82, 2.24) is 10.2 Å². The van der Waals surface area contributed by atoms with Crippen molar-refractivity contribution in [2.24, 2.45) is 0 Å². The fraction of sp³-hybridized carbons (Fsp3) is 0.200. The van der Waals surface area contributed by atoms with Crippen LogP contribution >= 0.6 is 23.1 Å². The third-order valence-corrected chi connectivity index (χ3v) is 7.82. The minimum atomic E-state index is -0.386.